The number of amides is 1. The minimum absolute atomic E-state index is 0.181. The number of nitrogens with zero attached hydrogens (tertiary/aromatic N) is 2. The lowest BCUT2D eigenvalue weighted by molar-refractivity contribution is 0.102. The van der Waals surface area contributed by atoms with Gasteiger partial charge < -0.3 is 10.1 Å². The van der Waals surface area contributed by atoms with Gasteiger partial charge in [-0.3, -0.25) is 9.78 Å². The second-order valence-corrected chi connectivity index (χ2v) is 6.97. The number of rotatable bonds is 4. The molecule has 0 spiro atoms. The van der Waals surface area contributed by atoms with E-state index < -0.39 is 0 Å². The molecule has 1 amide bonds. The van der Waals surface area contributed by atoms with Crippen LogP contribution in [0.5, 0.6) is 5.88 Å². The van der Waals surface area contributed by atoms with Crippen molar-refractivity contribution >= 4 is 34.3 Å². The first-order valence-electron chi connectivity index (χ1n) is 8.15. The molecular formula is C19H17N3O2S. The molecule has 1 unspecified atom stereocenters. The van der Waals surface area contributed by atoms with Crippen LogP contribution in [-0.4, -0.2) is 33.5 Å². The van der Waals surface area contributed by atoms with Crippen LogP contribution < -0.4 is 10.1 Å². The molecule has 126 valence electrons. The van der Waals surface area contributed by atoms with E-state index in [1.165, 1.54) is 0 Å². The minimum atomic E-state index is -0.190. The fraction of sp³-hybridized carbons (Fsp3) is 0.211. The lowest BCUT2D eigenvalue weighted by Crippen LogP contribution is -2.17. The van der Waals surface area contributed by atoms with Crippen LogP contribution in [0.2, 0.25) is 0 Å². The van der Waals surface area contributed by atoms with E-state index in [9.17, 15) is 4.79 Å². The second-order valence-electron chi connectivity index (χ2n) is 5.82. The third kappa shape index (κ3) is 3.58. The number of ether oxygens (including phenoxy) is 1. The molecule has 3 aromatic rings. The summed E-state index contributed by atoms with van der Waals surface area (Å²) in [5, 5.41) is 3.86. The van der Waals surface area contributed by atoms with Crippen LogP contribution in [0.15, 0.2) is 54.9 Å². The minimum Gasteiger partial charge on any atom is -0.473 e. The van der Waals surface area contributed by atoms with Gasteiger partial charge in [-0.2, -0.15) is 11.8 Å². The summed E-state index contributed by atoms with van der Waals surface area (Å²) in [5.74, 6) is 2.39. The number of hydrogen-bond donors (Lipinski definition) is 1. The zero-order chi connectivity index (χ0) is 17.1. The maximum absolute atomic E-state index is 12.6. The fourth-order valence-corrected chi connectivity index (χ4v) is 3.89. The molecule has 1 atom stereocenters. The predicted molar refractivity (Wildman–Crippen MR) is 100 cm³/mol. The van der Waals surface area contributed by atoms with E-state index in [1.54, 1.807) is 24.5 Å². The summed E-state index contributed by atoms with van der Waals surface area (Å²) >= 11 is 1.88. The van der Waals surface area contributed by atoms with E-state index in [4.69, 9.17) is 4.74 Å². The van der Waals surface area contributed by atoms with Crippen molar-refractivity contribution in [2.45, 2.75) is 12.5 Å². The smallest absolute Gasteiger partial charge is 0.255 e. The van der Waals surface area contributed by atoms with Crippen molar-refractivity contribution in [2.24, 2.45) is 0 Å². The number of hydrogen-bond acceptors (Lipinski definition) is 5. The van der Waals surface area contributed by atoms with Gasteiger partial charge in [0.05, 0.1) is 11.2 Å². The topological polar surface area (TPSA) is 64.1 Å². The quantitative estimate of drug-likeness (QED) is 0.775. The van der Waals surface area contributed by atoms with Crippen molar-refractivity contribution in [1.29, 1.82) is 0 Å². The van der Waals surface area contributed by atoms with Crippen molar-refractivity contribution < 1.29 is 9.53 Å². The van der Waals surface area contributed by atoms with Crippen molar-refractivity contribution in [1.82, 2.24) is 9.97 Å². The van der Waals surface area contributed by atoms with Gasteiger partial charge in [-0.1, -0.05) is 6.07 Å². The number of benzene rings is 1. The van der Waals surface area contributed by atoms with E-state index in [0.29, 0.717) is 11.4 Å². The third-order valence-corrected chi connectivity index (χ3v) is 5.20. The predicted octanol–water partition coefficient (Wildman–Crippen LogP) is 3.77. The lowest BCUT2D eigenvalue weighted by Gasteiger charge is -2.12. The molecule has 0 bridgehead atoms. The highest BCUT2D eigenvalue weighted by Gasteiger charge is 2.18. The van der Waals surface area contributed by atoms with Gasteiger partial charge in [0.25, 0.3) is 5.91 Å². The molecule has 2 aromatic heterocycles. The standard InChI is InChI=1S/C19H17N3O2S/c23-19(22-17-5-1-4-16-15(17)3-2-8-20-16)13-6-9-21-18(11-13)24-14-7-10-25-12-14/h1-6,8-9,11,14H,7,10,12H2,(H,22,23). The molecule has 1 aliphatic heterocycles. The average Bonchev–Trinajstić information content (AvgIpc) is 3.15. The molecule has 1 N–H and O–H groups in total. The van der Waals surface area contributed by atoms with E-state index in [0.717, 1.165) is 34.5 Å². The summed E-state index contributed by atoms with van der Waals surface area (Å²) in [6.07, 6.45) is 4.55. The van der Waals surface area contributed by atoms with Gasteiger partial charge in [0.15, 0.2) is 0 Å². The Kier molecular flexibility index (Phi) is 4.52. The van der Waals surface area contributed by atoms with E-state index >= 15 is 0 Å². The first-order chi connectivity index (χ1) is 12.3. The summed E-state index contributed by atoms with van der Waals surface area (Å²) in [6, 6.07) is 12.9. The van der Waals surface area contributed by atoms with Crippen LogP contribution >= 0.6 is 11.8 Å². The summed E-state index contributed by atoms with van der Waals surface area (Å²) in [7, 11) is 0. The van der Waals surface area contributed by atoms with Crippen LogP contribution in [-0.2, 0) is 0 Å². The van der Waals surface area contributed by atoms with Crippen LogP contribution in [0.25, 0.3) is 10.9 Å². The number of aromatic nitrogens is 2. The first-order valence-corrected chi connectivity index (χ1v) is 9.30. The van der Waals surface area contributed by atoms with Crippen LogP contribution in [0.1, 0.15) is 16.8 Å². The first kappa shape index (κ1) is 15.9. The lowest BCUT2D eigenvalue weighted by atomic mass is 10.1. The largest absolute Gasteiger partial charge is 0.473 e. The number of carbonyl (C=O) groups excluding carboxylic acids is 1. The molecule has 1 aromatic carbocycles. The number of carbonyl (C=O) groups is 1. The van der Waals surface area contributed by atoms with Gasteiger partial charge in [0.2, 0.25) is 5.88 Å². The molecule has 1 saturated heterocycles. The Balaban J connectivity index is 1.54. The Morgan fingerprint density at radius 2 is 2.12 bits per heavy atom. The Morgan fingerprint density at radius 1 is 1.16 bits per heavy atom. The molecule has 0 aliphatic carbocycles. The van der Waals surface area contributed by atoms with Gasteiger partial charge in [-0.25, -0.2) is 4.98 Å². The average molecular weight is 351 g/mol. The van der Waals surface area contributed by atoms with Crippen molar-refractivity contribution in [3.05, 3.63) is 60.4 Å². The maximum atomic E-state index is 12.6. The molecule has 1 aliphatic rings. The summed E-state index contributed by atoms with van der Waals surface area (Å²) in [5.41, 5.74) is 2.11. The normalized spacial score (nSPS) is 16.7. The van der Waals surface area contributed by atoms with E-state index in [-0.39, 0.29) is 12.0 Å². The monoisotopic (exact) mass is 351 g/mol. The highest BCUT2D eigenvalue weighted by molar-refractivity contribution is 7.99. The number of nitrogens with one attached hydrogen (secondary N) is 1. The second kappa shape index (κ2) is 7.11. The SMILES string of the molecule is O=C(Nc1cccc2ncccc12)c1ccnc(OC2CCSC2)c1. The third-order valence-electron chi connectivity index (χ3n) is 4.07. The number of pyridine rings is 2. The Labute approximate surface area is 149 Å². The Hall–Kier alpha value is -2.60. The summed E-state index contributed by atoms with van der Waals surface area (Å²) < 4.78 is 5.86. The zero-order valence-electron chi connectivity index (χ0n) is 13.5. The fourth-order valence-electron chi connectivity index (χ4n) is 2.80. The molecule has 1 fully saturated rings. The number of anilines is 1. The summed E-state index contributed by atoms with van der Waals surface area (Å²) in [4.78, 5) is 21.2. The molecule has 25 heavy (non-hydrogen) atoms. The van der Waals surface area contributed by atoms with Gasteiger partial charge >= 0.3 is 0 Å². The number of thioether (sulfide) groups is 1. The molecule has 4 rings (SSSR count). The molecule has 0 radical (unpaired) electrons. The zero-order valence-corrected chi connectivity index (χ0v) is 14.3. The van der Waals surface area contributed by atoms with E-state index in [1.807, 2.05) is 42.1 Å². The van der Waals surface area contributed by atoms with Crippen molar-refractivity contribution in [3.63, 3.8) is 0 Å². The summed E-state index contributed by atoms with van der Waals surface area (Å²) in [6.45, 7) is 0. The molecule has 3 heterocycles. The van der Waals surface area contributed by atoms with Crippen LogP contribution in [0, 0.1) is 0 Å². The van der Waals surface area contributed by atoms with Gasteiger partial charge in [0, 0.05) is 35.2 Å². The molecular weight excluding hydrogens is 334 g/mol. The van der Waals surface area contributed by atoms with Crippen LogP contribution in [0.3, 0.4) is 0 Å². The van der Waals surface area contributed by atoms with Gasteiger partial charge in [0.1, 0.15) is 6.10 Å². The number of fused-ring (bicyclic) bond motifs is 1. The maximum Gasteiger partial charge on any atom is 0.255 e. The highest BCUT2D eigenvalue weighted by atomic mass is 32.2. The van der Waals surface area contributed by atoms with Gasteiger partial charge in [-0.15, -0.1) is 0 Å². The molecule has 6 heteroatoms. The Bertz CT molecular complexity index is 905. The van der Waals surface area contributed by atoms with Crippen molar-refractivity contribution in [2.75, 3.05) is 16.8 Å². The van der Waals surface area contributed by atoms with E-state index in [2.05, 4.69) is 15.3 Å². The highest BCUT2D eigenvalue weighted by Crippen LogP contribution is 2.24. The molecule has 5 nitrogen and oxygen atoms in total. The van der Waals surface area contributed by atoms with Crippen molar-refractivity contribution in [3.8, 4) is 5.88 Å². The molecule has 0 saturated carbocycles. The Morgan fingerprint density at radius 3 is 3.00 bits per heavy atom. The van der Waals surface area contributed by atoms with Crippen LogP contribution in [0.4, 0.5) is 5.69 Å². The van der Waals surface area contributed by atoms with Gasteiger partial charge in [-0.05, 0) is 42.5 Å².